The van der Waals surface area contributed by atoms with Gasteiger partial charge >= 0.3 is 0 Å². The van der Waals surface area contributed by atoms with E-state index >= 15 is 0 Å². The maximum atomic E-state index is 13.4. The molecule has 2 bridgehead atoms. The number of rotatable bonds is 3. The van der Waals surface area contributed by atoms with E-state index in [0.717, 1.165) is 43.2 Å². The summed E-state index contributed by atoms with van der Waals surface area (Å²) in [6.07, 6.45) is 5.32. The number of hydrogen-bond donors (Lipinski definition) is 0. The summed E-state index contributed by atoms with van der Waals surface area (Å²) >= 11 is 0. The smallest absolute Gasteiger partial charge is 0.243 e. The van der Waals surface area contributed by atoms with Crippen LogP contribution in [0, 0.1) is 23.7 Å². The van der Waals surface area contributed by atoms with Gasteiger partial charge in [-0.2, -0.15) is 4.31 Å². The minimum atomic E-state index is -3.56. The normalized spacial score (nSPS) is 34.1. The third kappa shape index (κ3) is 2.73. The molecule has 4 nitrogen and oxygen atoms in total. The lowest BCUT2D eigenvalue weighted by Gasteiger charge is -2.41. The molecule has 3 fully saturated rings. The first-order chi connectivity index (χ1) is 12.7. The highest BCUT2D eigenvalue weighted by Crippen LogP contribution is 2.62. The molecule has 0 radical (unpaired) electrons. The molecule has 0 N–H and O–H groups in total. The second kappa shape index (κ2) is 6.28. The van der Waals surface area contributed by atoms with Crippen LogP contribution in [0.5, 0.6) is 0 Å². The van der Waals surface area contributed by atoms with Gasteiger partial charge in [0.25, 0.3) is 0 Å². The van der Waals surface area contributed by atoms with Crippen LogP contribution in [-0.2, 0) is 14.8 Å². The van der Waals surface area contributed by atoms with Gasteiger partial charge in [0, 0.05) is 19.0 Å². The van der Waals surface area contributed by atoms with Gasteiger partial charge in [-0.1, -0.05) is 42.7 Å². The van der Waals surface area contributed by atoms with Gasteiger partial charge in [-0.05, 0) is 57.1 Å². The van der Waals surface area contributed by atoms with Crippen LogP contribution in [-0.4, -0.2) is 31.6 Å². The third-order valence-corrected chi connectivity index (χ3v) is 9.21. The molecule has 3 atom stereocenters. The number of hydrogen-bond acceptors (Lipinski definition) is 3. The second-order valence-corrected chi connectivity index (χ2v) is 10.9. The van der Waals surface area contributed by atoms with E-state index in [4.69, 9.17) is 0 Å². The molecule has 3 aliphatic rings. The number of nitrogens with zero attached hydrogens (tertiary/aromatic N) is 1. The molecule has 0 amide bonds. The fraction of sp³-hybridized carbons (Fsp3) is 0.591. The molecular weight excluding hydrogens is 358 g/mol. The fourth-order valence-corrected chi connectivity index (χ4v) is 7.33. The lowest BCUT2D eigenvalue weighted by molar-refractivity contribution is -0.130. The Labute approximate surface area is 162 Å². The van der Waals surface area contributed by atoms with Gasteiger partial charge in [-0.3, -0.25) is 4.79 Å². The lowest BCUT2D eigenvalue weighted by Crippen LogP contribution is -2.46. The number of Topliss-reactive ketones (excluding diaryl/α,β-unsaturated/α-hetero) is 1. The van der Waals surface area contributed by atoms with Crippen molar-refractivity contribution in [3.05, 3.63) is 42.0 Å². The summed E-state index contributed by atoms with van der Waals surface area (Å²) in [5.74, 6) is 0.320. The molecule has 5 heteroatoms. The van der Waals surface area contributed by atoms with Gasteiger partial charge in [-0.25, -0.2) is 8.42 Å². The minimum Gasteiger partial charge on any atom is -0.298 e. The first kappa shape index (κ1) is 18.9. The van der Waals surface area contributed by atoms with E-state index in [-0.39, 0.29) is 11.3 Å². The Hall–Kier alpha value is -1.46. The zero-order chi connectivity index (χ0) is 19.4. The molecule has 0 unspecified atom stereocenters. The maximum absolute atomic E-state index is 13.4. The standard InChI is InChI=1S/C22H29NO3S/c1-16(2)22-12-13-23(27(25,26)18-9-7-17(3)8-10-18)15-21(14-22)11-5-4-6-19(21)20(22)24/h7-10,19H,1,4-6,11-15H2,2-3H3/t19-,21+,22+/m0/s1. The van der Waals surface area contributed by atoms with Gasteiger partial charge in [-0.15, -0.1) is 0 Å². The Bertz CT molecular complexity index is 889. The Morgan fingerprint density at radius 1 is 1.19 bits per heavy atom. The van der Waals surface area contributed by atoms with E-state index < -0.39 is 15.4 Å². The van der Waals surface area contributed by atoms with E-state index in [1.807, 2.05) is 26.0 Å². The predicted molar refractivity (Wildman–Crippen MR) is 106 cm³/mol. The summed E-state index contributed by atoms with van der Waals surface area (Å²) in [5.41, 5.74) is 1.20. The van der Waals surface area contributed by atoms with Crippen molar-refractivity contribution in [2.45, 2.75) is 57.3 Å². The highest BCUT2D eigenvalue weighted by Gasteiger charge is 2.63. The number of carbonyl (C=O) groups excluding carboxylic acids is 1. The predicted octanol–water partition coefficient (Wildman–Crippen LogP) is 4.10. The molecule has 2 aliphatic carbocycles. The van der Waals surface area contributed by atoms with Crippen molar-refractivity contribution in [1.29, 1.82) is 0 Å². The van der Waals surface area contributed by atoms with Crippen molar-refractivity contribution in [2.75, 3.05) is 13.1 Å². The average Bonchev–Trinajstić information content (AvgIpc) is 2.76. The summed E-state index contributed by atoms with van der Waals surface area (Å²) in [5, 5.41) is 0. The van der Waals surface area contributed by atoms with Crippen LogP contribution in [0.1, 0.15) is 51.0 Å². The van der Waals surface area contributed by atoms with E-state index in [0.29, 0.717) is 30.2 Å². The van der Waals surface area contributed by atoms with Crippen LogP contribution in [0.15, 0.2) is 41.3 Å². The molecule has 1 spiro atoms. The summed E-state index contributed by atoms with van der Waals surface area (Å²) in [6, 6.07) is 7.09. The van der Waals surface area contributed by atoms with Crippen molar-refractivity contribution in [2.24, 2.45) is 16.7 Å². The molecular formula is C22H29NO3S. The second-order valence-electron chi connectivity index (χ2n) is 8.97. The number of allylic oxidation sites excluding steroid dienone is 1. The Balaban J connectivity index is 1.76. The van der Waals surface area contributed by atoms with Crippen molar-refractivity contribution < 1.29 is 13.2 Å². The number of fused-ring (bicyclic) bond motifs is 1. The number of benzene rings is 1. The molecule has 4 rings (SSSR count). The van der Waals surface area contributed by atoms with Gasteiger partial charge in [0.2, 0.25) is 10.0 Å². The monoisotopic (exact) mass is 387 g/mol. The number of sulfonamides is 1. The van der Waals surface area contributed by atoms with Crippen molar-refractivity contribution in [3.8, 4) is 0 Å². The summed E-state index contributed by atoms with van der Waals surface area (Å²) in [7, 11) is -3.56. The van der Waals surface area contributed by atoms with Crippen molar-refractivity contribution in [3.63, 3.8) is 0 Å². The molecule has 1 saturated heterocycles. The van der Waals surface area contributed by atoms with Crippen LogP contribution in [0.4, 0.5) is 0 Å². The number of aryl methyl sites for hydroxylation is 1. The van der Waals surface area contributed by atoms with Crippen molar-refractivity contribution >= 4 is 15.8 Å². The zero-order valence-corrected chi connectivity index (χ0v) is 17.1. The molecule has 1 aliphatic heterocycles. The minimum absolute atomic E-state index is 0.0148. The SMILES string of the molecule is C=C(C)[C@]12CCN(S(=O)(=O)c3ccc(C)cc3)C[C@@]3(CCCC[C@H]3C1=O)C2. The Morgan fingerprint density at radius 3 is 2.56 bits per heavy atom. The fourth-order valence-electron chi connectivity index (χ4n) is 5.79. The number of carbonyl (C=O) groups is 1. The van der Waals surface area contributed by atoms with E-state index in [9.17, 15) is 13.2 Å². The Kier molecular flexibility index (Phi) is 4.39. The average molecular weight is 388 g/mol. The third-order valence-electron chi connectivity index (χ3n) is 7.35. The lowest BCUT2D eigenvalue weighted by atomic mass is 9.68. The molecule has 146 valence electrons. The first-order valence-corrected chi connectivity index (χ1v) is 11.4. The zero-order valence-electron chi connectivity index (χ0n) is 16.3. The van der Waals surface area contributed by atoms with Crippen LogP contribution in [0.2, 0.25) is 0 Å². The summed E-state index contributed by atoms with van der Waals surface area (Å²) < 4.78 is 28.4. The van der Waals surface area contributed by atoms with Gasteiger partial charge in [0.05, 0.1) is 10.3 Å². The van der Waals surface area contributed by atoms with Gasteiger partial charge in [0.1, 0.15) is 5.78 Å². The molecule has 1 heterocycles. The largest absolute Gasteiger partial charge is 0.298 e. The quantitative estimate of drug-likeness (QED) is 0.734. The number of ketones is 1. The Morgan fingerprint density at radius 2 is 1.89 bits per heavy atom. The highest BCUT2D eigenvalue weighted by atomic mass is 32.2. The van der Waals surface area contributed by atoms with Crippen LogP contribution in [0.25, 0.3) is 0 Å². The molecule has 1 aromatic rings. The van der Waals surface area contributed by atoms with Crippen molar-refractivity contribution in [1.82, 2.24) is 4.31 Å². The highest BCUT2D eigenvalue weighted by molar-refractivity contribution is 7.89. The molecule has 0 aromatic heterocycles. The van der Waals surface area contributed by atoms with Crippen LogP contribution >= 0.6 is 0 Å². The van der Waals surface area contributed by atoms with E-state index in [1.54, 1.807) is 16.4 Å². The summed E-state index contributed by atoms with van der Waals surface area (Å²) in [4.78, 5) is 13.7. The van der Waals surface area contributed by atoms with E-state index in [2.05, 4.69) is 6.58 Å². The first-order valence-electron chi connectivity index (χ1n) is 9.98. The molecule has 2 saturated carbocycles. The van der Waals surface area contributed by atoms with Crippen LogP contribution in [0.3, 0.4) is 0 Å². The topological polar surface area (TPSA) is 54.5 Å². The maximum Gasteiger partial charge on any atom is 0.243 e. The summed E-state index contributed by atoms with van der Waals surface area (Å²) in [6.45, 7) is 8.93. The molecule has 27 heavy (non-hydrogen) atoms. The van der Waals surface area contributed by atoms with Crippen LogP contribution < -0.4 is 0 Å². The van der Waals surface area contributed by atoms with Gasteiger partial charge < -0.3 is 0 Å². The van der Waals surface area contributed by atoms with Gasteiger partial charge in [0.15, 0.2) is 0 Å². The molecule has 1 aromatic carbocycles. The van der Waals surface area contributed by atoms with E-state index in [1.165, 1.54) is 0 Å².